The molecule has 0 spiro atoms. The Bertz CT molecular complexity index is 1040. The van der Waals surface area contributed by atoms with Crippen molar-refractivity contribution in [3.8, 4) is 5.75 Å². The molecular formula is C20H22F2N3O8P. The Morgan fingerprint density at radius 3 is 2.71 bits per heavy atom. The summed E-state index contributed by atoms with van der Waals surface area (Å²) in [5, 5.41) is 14.9. The number of halogens is 2. The Morgan fingerprint density at radius 2 is 2.06 bits per heavy atom. The number of amides is 2. The van der Waals surface area contributed by atoms with E-state index in [9.17, 15) is 28.0 Å². The number of urea groups is 1. The number of carbonyl (C=O) groups excluding carboxylic acids is 2. The first kappa shape index (κ1) is 24.3. The maximum atomic E-state index is 14.8. The molecule has 0 bridgehead atoms. The Morgan fingerprint density at radius 1 is 1.32 bits per heavy atom. The molecule has 2 amide bonds. The molecule has 0 saturated carbocycles. The molecule has 3 aliphatic heterocycles. The molecule has 34 heavy (non-hydrogen) atoms. The van der Waals surface area contributed by atoms with Gasteiger partial charge in [0, 0.05) is 18.3 Å². The number of ether oxygens (including phenoxy) is 2. The Kier molecular flexibility index (Phi) is 6.74. The summed E-state index contributed by atoms with van der Waals surface area (Å²) >= 11 is 0. The normalized spacial score (nSPS) is 30.1. The molecule has 2 fully saturated rings. The van der Waals surface area contributed by atoms with E-state index in [-0.39, 0.29) is 24.5 Å². The zero-order valence-electron chi connectivity index (χ0n) is 17.6. The van der Waals surface area contributed by atoms with E-state index in [2.05, 4.69) is 17.0 Å². The van der Waals surface area contributed by atoms with Crippen molar-refractivity contribution in [1.29, 1.82) is 0 Å². The van der Waals surface area contributed by atoms with Crippen LogP contribution < -0.4 is 14.9 Å². The fraction of sp³-hybridized carbons (Fsp3) is 0.400. The van der Waals surface area contributed by atoms with Gasteiger partial charge < -0.3 is 24.4 Å². The third-order valence-electron chi connectivity index (χ3n) is 5.20. The van der Waals surface area contributed by atoms with Crippen molar-refractivity contribution in [2.45, 2.75) is 36.8 Å². The SMILES string of the molecule is C=C1C=CN([C@@H]2O[C@H](CO[P@](=O)(N[C@H]3CCOC3=O)Oc3ccccc3)[C@@H](O)C2(F)F)C(=O)N1. The van der Waals surface area contributed by atoms with Crippen LogP contribution in [0, 0.1) is 0 Å². The van der Waals surface area contributed by atoms with Gasteiger partial charge in [0.2, 0.25) is 6.23 Å². The van der Waals surface area contributed by atoms with Gasteiger partial charge in [0.25, 0.3) is 0 Å². The average molecular weight is 501 g/mol. The number of aliphatic hydroxyl groups excluding tert-OH is 1. The van der Waals surface area contributed by atoms with Gasteiger partial charge >= 0.3 is 25.7 Å². The summed E-state index contributed by atoms with van der Waals surface area (Å²) in [7, 11) is -4.33. The zero-order chi connectivity index (χ0) is 24.5. The van der Waals surface area contributed by atoms with E-state index in [4.69, 9.17) is 18.5 Å². The number of allylic oxidation sites excluding steroid dienone is 1. The molecule has 0 aliphatic carbocycles. The number of para-hydroxylation sites is 1. The maximum absolute atomic E-state index is 14.8. The summed E-state index contributed by atoms with van der Waals surface area (Å²) < 4.78 is 63.7. The first-order valence-electron chi connectivity index (χ1n) is 10.2. The molecule has 184 valence electrons. The van der Waals surface area contributed by atoms with E-state index in [0.717, 1.165) is 6.20 Å². The highest BCUT2D eigenvalue weighted by Gasteiger charge is 2.61. The highest BCUT2D eigenvalue weighted by molar-refractivity contribution is 7.52. The number of nitrogens with zero attached hydrogens (tertiary/aromatic N) is 1. The number of hydrogen-bond donors (Lipinski definition) is 3. The van der Waals surface area contributed by atoms with E-state index in [1.165, 1.54) is 18.2 Å². The number of rotatable bonds is 8. The van der Waals surface area contributed by atoms with Crippen molar-refractivity contribution in [2.24, 2.45) is 0 Å². The van der Waals surface area contributed by atoms with Gasteiger partial charge in [-0.3, -0.25) is 14.2 Å². The first-order valence-corrected chi connectivity index (χ1v) is 11.7. The summed E-state index contributed by atoms with van der Waals surface area (Å²) in [5.74, 6) is -4.44. The number of esters is 1. The number of hydrogen-bond acceptors (Lipinski definition) is 8. The summed E-state index contributed by atoms with van der Waals surface area (Å²) in [6.07, 6.45) is -3.72. The summed E-state index contributed by atoms with van der Waals surface area (Å²) in [6, 6.07) is 5.91. The Labute approximate surface area is 192 Å². The summed E-state index contributed by atoms with van der Waals surface area (Å²) in [4.78, 5) is 24.5. The quantitative estimate of drug-likeness (QED) is 0.360. The van der Waals surface area contributed by atoms with Crippen LogP contribution in [0.1, 0.15) is 6.42 Å². The van der Waals surface area contributed by atoms with Crippen molar-refractivity contribution < 1.29 is 46.6 Å². The predicted molar refractivity (Wildman–Crippen MR) is 111 cm³/mol. The third-order valence-corrected chi connectivity index (χ3v) is 6.77. The van der Waals surface area contributed by atoms with E-state index < -0.39 is 56.8 Å². The number of nitrogens with one attached hydrogen (secondary N) is 2. The summed E-state index contributed by atoms with van der Waals surface area (Å²) in [6.45, 7) is 2.79. The number of benzene rings is 1. The van der Waals surface area contributed by atoms with Gasteiger partial charge in [-0.15, -0.1) is 0 Å². The lowest BCUT2D eigenvalue weighted by Crippen LogP contribution is -2.53. The van der Waals surface area contributed by atoms with E-state index in [1.807, 2.05) is 0 Å². The van der Waals surface area contributed by atoms with Crippen LogP contribution in [0.2, 0.25) is 0 Å². The molecule has 3 N–H and O–H groups in total. The van der Waals surface area contributed by atoms with Gasteiger partial charge in [-0.05, 0) is 18.2 Å². The third kappa shape index (κ3) is 4.98. The minimum Gasteiger partial charge on any atom is -0.464 e. The molecule has 0 radical (unpaired) electrons. The lowest BCUT2D eigenvalue weighted by Gasteiger charge is -2.31. The monoisotopic (exact) mass is 501 g/mol. The number of alkyl halides is 2. The molecule has 3 aliphatic rings. The minimum absolute atomic E-state index is 0.0953. The van der Waals surface area contributed by atoms with E-state index >= 15 is 0 Å². The van der Waals surface area contributed by atoms with Crippen LogP contribution in [0.4, 0.5) is 13.6 Å². The van der Waals surface area contributed by atoms with Crippen molar-refractivity contribution in [2.75, 3.05) is 13.2 Å². The Balaban J connectivity index is 1.49. The number of carbonyl (C=O) groups is 2. The number of aliphatic hydroxyl groups is 1. The lowest BCUT2D eigenvalue weighted by molar-refractivity contribution is -0.145. The van der Waals surface area contributed by atoms with Crippen LogP contribution >= 0.6 is 7.75 Å². The second-order valence-corrected chi connectivity index (χ2v) is 9.35. The molecule has 3 heterocycles. The first-order chi connectivity index (χ1) is 16.1. The van der Waals surface area contributed by atoms with Gasteiger partial charge in [0.05, 0.1) is 13.2 Å². The molecule has 1 aromatic rings. The van der Waals surface area contributed by atoms with Crippen LogP contribution in [-0.2, 0) is 23.4 Å². The molecule has 0 aromatic heterocycles. The number of cyclic esters (lactones) is 1. The molecule has 4 rings (SSSR count). The second-order valence-electron chi connectivity index (χ2n) is 7.66. The van der Waals surface area contributed by atoms with Gasteiger partial charge in [-0.25, -0.2) is 9.36 Å². The largest absolute Gasteiger partial charge is 0.464 e. The second kappa shape index (κ2) is 9.43. The Hall–Kier alpha value is -2.83. The summed E-state index contributed by atoms with van der Waals surface area (Å²) in [5.41, 5.74) is 0.193. The van der Waals surface area contributed by atoms with Gasteiger partial charge in [-0.2, -0.15) is 13.9 Å². The van der Waals surface area contributed by atoms with Crippen molar-refractivity contribution in [3.05, 3.63) is 54.9 Å². The topological polar surface area (TPSA) is 136 Å². The maximum Gasteiger partial charge on any atom is 0.459 e. The molecule has 0 unspecified atom stereocenters. The fourth-order valence-corrected chi connectivity index (χ4v) is 5.00. The van der Waals surface area contributed by atoms with Crippen molar-refractivity contribution in [1.82, 2.24) is 15.3 Å². The van der Waals surface area contributed by atoms with Crippen LogP contribution in [0.15, 0.2) is 54.9 Å². The van der Waals surface area contributed by atoms with Crippen LogP contribution in [0.5, 0.6) is 5.75 Å². The van der Waals surface area contributed by atoms with Crippen LogP contribution in [-0.4, -0.2) is 65.6 Å². The predicted octanol–water partition coefficient (Wildman–Crippen LogP) is 1.87. The molecule has 2 saturated heterocycles. The highest BCUT2D eigenvalue weighted by Crippen LogP contribution is 2.47. The fourth-order valence-electron chi connectivity index (χ4n) is 3.46. The zero-order valence-corrected chi connectivity index (χ0v) is 18.5. The van der Waals surface area contributed by atoms with E-state index in [0.29, 0.717) is 4.90 Å². The van der Waals surface area contributed by atoms with Crippen molar-refractivity contribution >= 4 is 19.7 Å². The van der Waals surface area contributed by atoms with Crippen molar-refractivity contribution in [3.63, 3.8) is 0 Å². The lowest BCUT2D eigenvalue weighted by atomic mass is 10.1. The van der Waals surface area contributed by atoms with Crippen LogP contribution in [0.3, 0.4) is 0 Å². The smallest absolute Gasteiger partial charge is 0.459 e. The molecule has 5 atom stereocenters. The van der Waals surface area contributed by atoms with Gasteiger partial charge in [0.1, 0.15) is 17.9 Å². The molecule has 11 nitrogen and oxygen atoms in total. The van der Waals surface area contributed by atoms with E-state index in [1.54, 1.807) is 18.2 Å². The molecule has 14 heteroatoms. The minimum atomic E-state index is -4.33. The van der Waals surface area contributed by atoms with Gasteiger partial charge in [-0.1, -0.05) is 24.8 Å². The highest BCUT2D eigenvalue weighted by atomic mass is 31.2. The molecular weight excluding hydrogens is 479 g/mol. The van der Waals surface area contributed by atoms with Crippen LogP contribution in [0.25, 0.3) is 0 Å². The standard InChI is InChI=1S/C20H22F2N3O8P/c1-12-7-9-25(19(28)23-12)18-20(21,22)16(26)15(32-18)11-31-34(29,24-14-8-10-30-17(14)27)33-13-5-3-2-4-6-13/h2-7,9,14-16,18,26H,1,8,10-11H2,(H,23,28)(H,24,29)/t14-,15+,16+,18+,34+/m0/s1. The average Bonchev–Trinajstić information content (AvgIpc) is 3.28. The van der Waals surface area contributed by atoms with Gasteiger partial charge in [0.15, 0.2) is 6.10 Å². The molecule has 1 aromatic carbocycles.